The van der Waals surface area contributed by atoms with Crippen LogP contribution in [0.5, 0.6) is 0 Å². The molecule has 0 spiro atoms. The van der Waals surface area contributed by atoms with Crippen LogP contribution in [0.3, 0.4) is 0 Å². The molecule has 0 bridgehead atoms. The Morgan fingerprint density at radius 1 is 1.60 bits per heavy atom. The van der Waals surface area contributed by atoms with Crippen LogP contribution in [0.25, 0.3) is 0 Å². The summed E-state index contributed by atoms with van der Waals surface area (Å²) < 4.78 is 16.9. The van der Waals surface area contributed by atoms with E-state index >= 15 is 0 Å². The summed E-state index contributed by atoms with van der Waals surface area (Å²) in [7, 11) is 0.414. The van der Waals surface area contributed by atoms with E-state index in [9.17, 15) is 4.21 Å². The molecule has 3 nitrogen and oxygen atoms in total. The molecule has 5 heteroatoms. The van der Waals surface area contributed by atoms with Gasteiger partial charge in [0.1, 0.15) is 0 Å². The van der Waals surface area contributed by atoms with Crippen molar-refractivity contribution in [3.8, 4) is 0 Å². The number of ether oxygens (including phenoxy) is 1. The van der Waals surface area contributed by atoms with Gasteiger partial charge in [0.05, 0.1) is 32.6 Å². The Kier molecular flexibility index (Phi) is 4.57. The molecule has 0 radical (unpaired) electrons. The predicted molar refractivity (Wildman–Crippen MR) is 63.6 cm³/mol. The summed E-state index contributed by atoms with van der Waals surface area (Å²) in [6.45, 7) is 1.86. The Labute approximate surface area is 97.0 Å². The van der Waals surface area contributed by atoms with Crippen molar-refractivity contribution in [2.45, 2.75) is 17.9 Å². The molecule has 1 aromatic rings. The molecule has 0 amide bonds. The first-order chi connectivity index (χ1) is 7.04. The average molecular weight is 248 g/mol. The van der Waals surface area contributed by atoms with E-state index in [1.54, 1.807) is 25.3 Å². The third kappa shape index (κ3) is 3.48. The molecular weight excluding hydrogens is 234 g/mol. The van der Waals surface area contributed by atoms with Gasteiger partial charge in [-0.15, -0.1) is 0 Å². The zero-order valence-electron chi connectivity index (χ0n) is 8.70. The van der Waals surface area contributed by atoms with Crippen LogP contribution in [0.2, 0.25) is 5.02 Å². The van der Waals surface area contributed by atoms with Crippen molar-refractivity contribution >= 4 is 28.1 Å². The fraction of sp³-hybridized carbons (Fsp3) is 0.400. The lowest BCUT2D eigenvalue weighted by atomic mass is 10.3. The number of rotatable bonds is 4. The lowest BCUT2D eigenvalue weighted by Crippen LogP contribution is -2.15. The van der Waals surface area contributed by atoms with E-state index in [1.807, 2.05) is 6.92 Å². The third-order valence-corrected chi connectivity index (χ3v) is 4.03. The van der Waals surface area contributed by atoms with E-state index in [-0.39, 0.29) is 6.10 Å². The van der Waals surface area contributed by atoms with Crippen molar-refractivity contribution in [3.05, 3.63) is 23.2 Å². The van der Waals surface area contributed by atoms with Gasteiger partial charge >= 0.3 is 0 Å². The van der Waals surface area contributed by atoms with Crippen LogP contribution >= 0.6 is 11.6 Å². The lowest BCUT2D eigenvalue weighted by molar-refractivity contribution is 0.137. The minimum absolute atomic E-state index is 0.0664. The molecule has 0 heterocycles. The highest BCUT2D eigenvalue weighted by Crippen LogP contribution is 2.22. The van der Waals surface area contributed by atoms with Gasteiger partial charge in [-0.05, 0) is 25.1 Å². The van der Waals surface area contributed by atoms with E-state index in [1.165, 1.54) is 0 Å². The lowest BCUT2D eigenvalue weighted by Gasteiger charge is -2.10. The van der Waals surface area contributed by atoms with Crippen molar-refractivity contribution in [3.63, 3.8) is 0 Å². The molecule has 0 saturated carbocycles. The van der Waals surface area contributed by atoms with E-state index in [4.69, 9.17) is 22.1 Å². The van der Waals surface area contributed by atoms with Gasteiger partial charge in [0.15, 0.2) is 0 Å². The second-order valence-corrected chi connectivity index (χ2v) is 5.12. The summed E-state index contributed by atoms with van der Waals surface area (Å²) in [4.78, 5) is 0.570. The summed E-state index contributed by atoms with van der Waals surface area (Å²) in [6, 6.07) is 4.98. The minimum Gasteiger partial charge on any atom is -0.399 e. The summed E-state index contributed by atoms with van der Waals surface area (Å²) in [5, 5.41) is 0.478. The van der Waals surface area contributed by atoms with Gasteiger partial charge in [0, 0.05) is 12.8 Å². The molecular formula is C10H14ClNO2S. The number of hydrogen-bond acceptors (Lipinski definition) is 3. The van der Waals surface area contributed by atoms with Gasteiger partial charge in [-0.1, -0.05) is 11.6 Å². The molecule has 0 aliphatic carbocycles. The summed E-state index contributed by atoms with van der Waals surface area (Å²) in [5.74, 6) is 0.416. The third-order valence-electron chi connectivity index (χ3n) is 1.99. The Balaban J connectivity index is 2.86. The minimum atomic E-state index is -1.17. The fourth-order valence-electron chi connectivity index (χ4n) is 1.07. The molecule has 1 aromatic carbocycles. The van der Waals surface area contributed by atoms with E-state index in [2.05, 4.69) is 0 Å². The predicted octanol–water partition coefficient (Wildman–Crippen LogP) is 2.06. The molecule has 84 valence electrons. The van der Waals surface area contributed by atoms with Crippen LogP contribution in [0.1, 0.15) is 6.92 Å². The molecule has 0 saturated heterocycles. The number of hydrogen-bond donors (Lipinski definition) is 1. The number of anilines is 1. The smallest absolute Gasteiger partial charge is 0.0662 e. The number of halogens is 1. The van der Waals surface area contributed by atoms with Gasteiger partial charge in [-0.2, -0.15) is 0 Å². The van der Waals surface area contributed by atoms with Gasteiger partial charge < -0.3 is 10.5 Å². The van der Waals surface area contributed by atoms with Gasteiger partial charge in [-0.25, -0.2) is 0 Å². The highest BCUT2D eigenvalue weighted by atomic mass is 35.5. The summed E-state index contributed by atoms with van der Waals surface area (Å²) in [6.07, 6.45) is -0.0664. The Morgan fingerprint density at radius 3 is 2.87 bits per heavy atom. The second kappa shape index (κ2) is 5.49. The molecule has 0 aliphatic heterocycles. The first-order valence-electron chi connectivity index (χ1n) is 4.50. The molecule has 15 heavy (non-hydrogen) atoms. The first kappa shape index (κ1) is 12.5. The number of methoxy groups -OCH3 is 1. The van der Waals surface area contributed by atoms with Crippen LogP contribution in [-0.4, -0.2) is 23.2 Å². The molecule has 0 fully saturated rings. The maximum Gasteiger partial charge on any atom is 0.0662 e. The van der Waals surface area contributed by atoms with Crippen molar-refractivity contribution in [2.75, 3.05) is 18.6 Å². The number of nitrogen functional groups attached to an aromatic ring is 1. The summed E-state index contributed by atoms with van der Waals surface area (Å²) in [5.41, 5.74) is 6.17. The maximum atomic E-state index is 11.9. The maximum absolute atomic E-state index is 11.9. The van der Waals surface area contributed by atoms with Crippen LogP contribution in [0, 0.1) is 0 Å². The molecule has 2 N–H and O–H groups in total. The van der Waals surface area contributed by atoms with Crippen LogP contribution < -0.4 is 5.73 Å². The molecule has 2 unspecified atom stereocenters. The topological polar surface area (TPSA) is 52.3 Å². The molecule has 2 atom stereocenters. The molecule has 0 aromatic heterocycles. The second-order valence-electron chi connectivity index (χ2n) is 3.25. The van der Waals surface area contributed by atoms with E-state index < -0.39 is 10.8 Å². The Hall–Kier alpha value is -0.580. The average Bonchev–Trinajstić information content (AvgIpc) is 2.21. The van der Waals surface area contributed by atoms with E-state index in [0.717, 1.165) is 0 Å². The van der Waals surface area contributed by atoms with Crippen LogP contribution in [0.4, 0.5) is 5.69 Å². The standard InChI is InChI=1S/C10H14ClNO2S/c1-7(14-2)6-15(13)10-5-8(12)3-4-9(10)11/h3-5,7H,6,12H2,1-2H3. The van der Waals surface area contributed by atoms with Crippen molar-refractivity contribution < 1.29 is 8.95 Å². The quantitative estimate of drug-likeness (QED) is 0.829. The summed E-state index contributed by atoms with van der Waals surface area (Å²) >= 11 is 5.93. The van der Waals surface area contributed by atoms with Crippen LogP contribution in [0.15, 0.2) is 23.1 Å². The molecule has 1 rings (SSSR count). The zero-order chi connectivity index (χ0) is 11.4. The van der Waals surface area contributed by atoms with Crippen molar-refractivity contribution in [1.29, 1.82) is 0 Å². The Bertz CT molecular complexity index is 370. The highest BCUT2D eigenvalue weighted by Gasteiger charge is 2.12. The van der Waals surface area contributed by atoms with Crippen molar-refractivity contribution in [2.24, 2.45) is 0 Å². The van der Waals surface area contributed by atoms with Crippen LogP contribution in [-0.2, 0) is 15.5 Å². The van der Waals surface area contributed by atoms with Gasteiger partial charge in [-0.3, -0.25) is 4.21 Å². The monoisotopic (exact) mass is 247 g/mol. The number of nitrogens with two attached hydrogens (primary N) is 1. The largest absolute Gasteiger partial charge is 0.399 e. The Morgan fingerprint density at radius 2 is 2.27 bits per heavy atom. The van der Waals surface area contributed by atoms with Gasteiger partial charge in [0.25, 0.3) is 0 Å². The highest BCUT2D eigenvalue weighted by molar-refractivity contribution is 7.85. The SMILES string of the molecule is COC(C)CS(=O)c1cc(N)ccc1Cl. The number of benzene rings is 1. The normalized spacial score (nSPS) is 14.9. The van der Waals surface area contributed by atoms with Gasteiger partial charge in [0.2, 0.25) is 0 Å². The van der Waals surface area contributed by atoms with E-state index in [0.29, 0.717) is 21.4 Å². The molecule has 0 aliphatic rings. The van der Waals surface area contributed by atoms with Crippen molar-refractivity contribution in [1.82, 2.24) is 0 Å². The zero-order valence-corrected chi connectivity index (χ0v) is 10.3. The first-order valence-corrected chi connectivity index (χ1v) is 6.20. The fourth-order valence-corrected chi connectivity index (χ4v) is 2.74.